The van der Waals surface area contributed by atoms with Crippen molar-refractivity contribution in [2.75, 3.05) is 6.61 Å². The smallest absolute Gasteiger partial charge is 0.252 e. The Hall–Kier alpha value is -1.00. The van der Waals surface area contributed by atoms with Gasteiger partial charge in [-0.05, 0) is 54.6 Å². The van der Waals surface area contributed by atoms with Gasteiger partial charge in [0.05, 0.1) is 24.9 Å². The lowest BCUT2D eigenvalue weighted by atomic mass is 10.0. The van der Waals surface area contributed by atoms with Gasteiger partial charge in [0.15, 0.2) is 0 Å². The lowest BCUT2D eigenvalue weighted by Gasteiger charge is -2.23. The van der Waals surface area contributed by atoms with Gasteiger partial charge in [0.2, 0.25) is 0 Å². The molecule has 6 nitrogen and oxygen atoms in total. The molecule has 2 aromatic rings. The summed E-state index contributed by atoms with van der Waals surface area (Å²) in [7, 11) is 0. The Morgan fingerprint density at radius 3 is 2.82 bits per heavy atom. The molecular formula is C14H16BrIN4O2. The van der Waals surface area contributed by atoms with Crippen molar-refractivity contribution in [1.82, 2.24) is 20.3 Å². The Morgan fingerprint density at radius 2 is 2.18 bits per heavy atom. The van der Waals surface area contributed by atoms with Gasteiger partial charge in [-0.25, -0.2) is 4.68 Å². The van der Waals surface area contributed by atoms with Crippen molar-refractivity contribution in [2.24, 2.45) is 0 Å². The summed E-state index contributed by atoms with van der Waals surface area (Å²) in [6.07, 6.45) is 1.72. The van der Waals surface area contributed by atoms with Crippen molar-refractivity contribution >= 4 is 44.4 Å². The number of carbonyl (C=O) groups is 1. The summed E-state index contributed by atoms with van der Waals surface area (Å²) in [6.45, 7) is 4.09. The first-order valence-corrected chi connectivity index (χ1v) is 8.49. The van der Waals surface area contributed by atoms with Crippen LogP contribution in [0.15, 0.2) is 28.9 Å². The minimum Gasteiger partial charge on any atom is -0.394 e. The molecule has 0 bridgehead atoms. The van der Waals surface area contributed by atoms with Gasteiger partial charge in [-0.1, -0.05) is 21.1 Å². The molecule has 22 heavy (non-hydrogen) atoms. The second-order valence-electron chi connectivity index (χ2n) is 5.33. The Balaban J connectivity index is 2.17. The number of aromatic nitrogens is 3. The highest BCUT2D eigenvalue weighted by atomic mass is 127. The molecule has 1 aromatic carbocycles. The molecule has 8 heteroatoms. The number of aliphatic hydroxyl groups excluding tert-OH is 1. The number of aliphatic hydroxyl groups is 1. The molecule has 0 saturated heterocycles. The lowest BCUT2D eigenvalue weighted by Crippen LogP contribution is -2.41. The summed E-state index contributed by atoms with van der Waals surface area (Å²) in [6, 6.07) is 5.53. The largest absolute Gasteiger partial charge is 0.394 e. The van der Waals surface area contributed by atoms with Gasteiger partial charge in [0.25, 0.3) is 5.91 Å². The number of hydrogen-bond acceptors (Lipinski definition) is 4. The fraction of sp³-hybridized carbons (Fsp3) is 0.357. The molecule has 2 rings (SSSR count). The maximum absolute atomic E-state index is 12.4. The van der Waals surface area contributed by atoms with Gasteiger partial charge in [0.1, 0.15) is 5.69 Å². The molecule has 0 saturated carbocycles. The molecule has 2 N–H and O–H groups in total. The van der Waals surface area contributed by atoms with Crippen molar-refractivity contribution in [2.45, 2.75) is 25.9 Å². The number of amides is 1. The van der Waals surface area contributed by atoms with E-state index >= 15 is 0 Å². The van der Waals surface area contributed by atoms with Crippen LogP contribution in [0.3, 0.4) is 0 Å². The van der Waals surface area contributed by atoms with Crippen LogP contribution in [-0.2, 0) is 12.1 Å². The molecule has 118 valence electrons. The van der Waals surface area contributed by atoms with Crippen LogP contribution < -0.4 is 5.32 Å². The van der Waals surface area contributed by atoms with Crippen molar-refractivity contribution in [3.63, 3.8) is 0 Å². The predicted molar refractivity (Wildman–Crippen MR) is 94.5 cm³/mol. The second-order valence-corrected chi connectivity index (χ2v) is 7.49. The van der Waals surface area contributed by atoms with Gasteiger partial charge >= 0.3 is 0 Å². The Labute approximate surface area is 150 Å². The zero-order valence-electron chi connectivity index (χ0n) is 12.2. The molecule has 0 aliphatic rings. The summed E-state index contributed by atoms with van der Waals surface area (Å²) < 4.78 is 3.38. The maximum Gasteiger partial charge on any atom is 0.252 e. The monoisotopic (exact) mass is 478 g/mol. The van der Waals surface area contributed by atoms with Crippen LogP contribution in [-0.4, -0.2) is 32.6 Å². The molecule has 0 fully saturated rings. The van der Waals surface area contributed by atoms with E-state index in [1.165, 1.54) is 0 Å². The number of benzene rings is 1. The highest BCUT2D eigenvalue weighted by molar-refractivity contribution is 14.1. The van der Waals surface area contributed by atoms with E-state index in [1.54, 1.807) is 16.9 Å². The van der Waals surface area contributed by atoms with Crippen LogP contribution in [0.4, 0.5) is 0 Å². The Kier molecular flexibility index (Phi) is 5.56. The first-order valence-electron chi connectivity index (χ1n) is 6.62. The number of carbonyl (C=O) groups excluding carboxylic acids is 1. The van der Waals surface area contributed by atoms with E-state index in [0.29, 0.717) is 17.8 Å². The highest BCUT2D eigenvalue weighted by Gasteiger charge is 2.27. The van der Waals surface area contributed by atoms with E-state index in [2.05, 4.69) is 54.1 Å². The van der Waals surface area contributed by atoms with Crippen molar-refractivity contribution in [1.29, 1.82) is 0 Å². The SMILES string of the molecule is CC(C)(NC(=O)c1cc(Br)cc(I)c1)c1cn(CCO)nn1. The number of rotatable bonds is 5. The normalized spacial score (nSPS) is 11.5. The van der Waals surface area contributed by atoms with E-state index < -0.39 is 5.54 Å². The lowest BCUT2D eigenvalue weighted by molar-refractivity contribution is 0.0910. The molecule has 0 atom stereocenters. The van der Waals surface area contributed by atoms with Crippen molar-refractivity contribution < 1.29 is 9.90 Å². The number of hydrogen-bond donors (Lipinski definition) is 2. The van der Waals surface area contributed by atoms with E-state index in [1.807, 2.05) is 26.0 Å². The van der Waals surface area contributed by atoms with Crippen LogP contribution in [0, 0.1) is 3.57 Å². The van der Waals surface area contributed by atoms with Gasteiger partial charge in [0, 0.05) is 13.6 Å². The second kappa shape index (κ2) is 7.05. The fourth-order valence-electron chi connectivity index (χ4n) is 1.90. The minimum absolute atomic E-state index is 0.00787. The van der Waals surface area contributed by atoms with Gasteiger partial charge < -0.3 is 10.4 Å². The topological polar surface area (TPSA) is 80.0 Å². The Bertz CT molecular complexity index is 667. The minimum atomic E-state index is -0.668. The highest BCUT2D eigenvalue weighted by Crippen LogP contribution is 2.21. The summed E-state index contributed by atoms with van der Waals surface area (Å²) in [5.41, 5.74) is 0.548. The molecule has 1 amide bonds. The van der Waals surface area contributed by atoms with Crippen LogP contribution in [0.25, 0.3) is 0 Å². The molecule has 0 spiro atoms. The van der Waals surface area contributed by atoms with Crippen LogP contribution in [0.5, 0.6) is 0 Å². The van der Waals surface area contributed by atoms with Crippen LogP contribution in [0.2, 0.25) is 0 Å². The number of nitrogens with one attached hydrogen (secondary N) is 1. The predicted octanol–water partition coefficient (Wildman–Crippen LogP) is 2.30. The quantitative estimate of drug-likeness (QED) is 0.646. The molecule has 0 unspecified atom stereocenters. The first-order chi connectivity index (χ1) is 10.3. The molecule has 0 aliphatic heterocycles. The van der Waals surface area contributed by atoms with Crippen molar-refractivity contribution in [3.8, 4) is 0 Å². The third-order valence-electron chi connectivity index (χ3n) is 3.06. The third kappa shape index (κ3) is 4.26. The summed E-state index contributed by atoms with van der Waals surface area (Å²) >= 11 is 5.56. The zero-order valence-corrected chi connectivity index (χ0v) is 15.9. The van der Waals surface area contributed by atoms with Gasteiger partial charge in [-0.3, -0.25) is 4.79 Å². The van der Waals surface area contributed by atoms with Crippen LogP contribution in [0.1, 0.15) is 29.9 Å². The summed E-state index contributed by atoms with van der Waals surface area (Å²) in [5, 5.41) is 19.9. The average molecular weight is 479 g/mol. The molecule has 1 heterocycles. The van der Waals surface area contributed by atoms with Gasteiger partial charge in [-0.2, -0.15) is 0 Å². The van der Waals surface area contributed by atoms with Crippen molar-refractivity contribution in [3.05, 3.63) is 43.7 Å². The average Bonchev–Trinajstić information content (AvgIpc) is 2.87. The molecule has 0 radical (unpaired) electrons. The zero-order chi connectivity index (χ0) is 16.3. The molecular weight excluding hydrogens is 463 g/mol. The third-order valence-corrected chi connectivity index (χ3v) is 4.14. The van der Waals surface area contributed by atoms with E-state index in [4.69, 9.17) is 5.11 Å². The summed E-state index contributed by atoms with van der Waals surface area (Å²) in [4.78, 5) is 12.4. The van der Waals surface area contributed by atoms with Crippen LogP contribution >= 0.6 is 38.5 Å². The number of nitrogens with zero attached hydrogens (tertiary/aromatic N) is 3. The first kappa shape index (κ1) is 17.4. The standard InChI is InChI=1S/C14H16BrIN4O2/c1-14(2,12-8-20(3-4-21)19-18-12)17-13(22)9-5-10(15)7-11(16)6-9/h5-8,21H,3-4H2,1-2H3,(H,17,22). The Morgan fingerprint density at radius 1 is 1.45 bits per heavy atom. The maximum atomic E-state index is 12.4. The number of halogens is 2. The summed E-state index contributed by atoms with van der Waals surface area (Å²) in [5.74, 6) is -0.180. The van der Waals surface area contributed by atoms with E-state index in [-0.39, 0.29) is 12.5 Å². The van der Waals surface area contributed by atoms with E-state index in [0.717, 1.165) is 8.04 Å². The molecule has 1 aromatic heterocycles. The van der Waals surface area contributed by atoms with E-state index in [9.17, 15) is 4.79 Å². The fourth-order valence-corrected chi connectivity index (χ4v) is 3.49. The van der Waals surface area contributed by atoms with Gasteiger partial charge in [-0.15, -0.1) is 5.10 Å². The molecule has 0 aliphatic carbocycles.